The number of amides is 1. The van der Waals surface area contributed by atoms with E-state index in [9.17, 15) is 4.79 Å². The summed E-state index contributed by atoms with van der Waals surface area (Å²) in [4.78, 5) is 16.7. The molecular weight excluding hydrogens is 286 g/mol. The lowest BCUT2D eigenvalue weighted by atomic mass is 10.1. The molecule has 1 aliphatic rings. The van der Waals surface area contributed by atoms with Crippen LogP contribution in [0.25, 0.3) is 0 Å². The van der Waals surface area contributed by atoms with Crippen LogP contribution in [0.5, 0.6) is 0 Å². The fourth-order valence-corrected chi connectivity index (χ4v) is 2.54. The summed E-state index contributed by atoms with van der Waals surface area (Å²) in [7, 11) is 2.08. The lowest BCUT2D eigenvalue weighted by Crippen LogP contribution is -2.52. The highest BCUT2D eigenvalue weighted by Crippen LogP contribution is 2.19. The van der Waals surface area contributed by atoms with Gasteiger partial charge in [-0.2, -0.15) is 0 Å². The lowest BCUT2D eigenvalue weighted by Gasteiger charge is -2.37. The Kier molecular flexibility index (Phi) is 5.24. The van der Waals surface area contributed by atoms with E-state index in [4.69, 9.17) is 17.3 Å². The van der Waals surface area contributed by atoms with Gasteiger partial charge in [-0.3, -0.25) is 4.79 Å². The predicted molar refractivity (Wildman–Crippen MR) is 85.4 cm³/mol. The first-order valence-corrected chi connectivity index (χ1v) is 7.38. The van der Waals surface area contributed by atoms with Gasteiger partial charge in [-0.1, -0.05) is 23.4 Å². The van der Waals surface area contributed by atoms with Crippen molar-refractivity contribution in [2.24, 2.45) is 5.73 Å². The van der Waals surface area contributed by atoms with Gasteiger partial charge in [-0.25, -0.2) is 0 Å². The molecule has 112 valence electrons. The van der Waals surface area contributed by atoms with Crippen molar-refractivity contribution in [1.29, 1.82) is 0 Å². The maximum absolute atomic E-state index is 12.5. The fraction of sp³-hybridized carbons (Fsp3) is 0.438. The second-order valence-electron chi connectivity index (χ2n) is 5.28. The number of carbonyl (C=O) groups excluding carboxylic acids is 1. The number of nitrogens with zero attached hydrogens (tertiary/aromatic N) is 2. The number of hydrogen-bond donors (Lipinski definition) is 1. The normalized spacial score (nSPS) is 19.0. The highest BCUT2D eigenvalue weighted by atomic mass is 35.5. The number of hydrogen-bond acceptors (Lipinski definition) is 3. The molecule has 1 amide bonds. The first kappa shape index (κ1) is 15.8. The van der Waals surface area contributed by atoms with Crippen molar-refractivity contribution in [2.45, 2.75) is 13.0 Å². The Hall–Kier alpha value is -1.54. The molecule has 4 nitrogen and oxygen atoms in total. The monoisotopic (exact) mass is 305 g/mol. The van der Waals surface area contributed by atoms with E-state index >= 15 is 0 Å². The van der Waals surface area contributed by atoms with Crippen molar-refractivity contribution in [1.82, 2.24) is 9.80 Å². The van der Waals surface area contributed by atoms with Gasteiger partial charge in [0.2, 0.25) is 0 Å². The molecule has 5 heteroatoms. The average Bonchev–Trinajstić information content (AvgIpc) is 2.48. The highest BCUT2D eigenvalue weighted by molar-refractivity contribution is 6.32. The molecule has 0 saturated carbocycles. The van der Waals surface area contributed by atoms with Gasteiger partial charge < -0.3 is 15.5 Å². The van der Waals surface area contributed by atoms with Gasteiger partial charge in [0.05, 0.1) is 11.6 Å². The third-order valence-corrected chi connectivity index (χ3v) is 4.10. The summed E-state index contributed by atoms with van der Waals surface area (Å²) in [5, 5.41) is 0.490. The standard InChI is InChI=1S/C16H20ClN3O/c1-12-11-20(9-8-19(12)2)16(21)14-6-5-13(4-3-7-18)15(17)10-14/h5-6,10,12H,7-9,11,18H2,1-2H3. The minimum atomic E-state index is 0.0233. The maximum Gasteiger partial charge on any atom is 0.254 e. The van der Waals surface area contributed by atoms with Crippen molar-refractivity contribution in [3.8, 4) is 11.8 Å². The molecule has 1 unspecified atom stereocenters. The molecule has 0 bridgehead atoms. The van der Waals surface area contributed by atoms with Crippen LogP contribution in [-0.4, -0.2) is 55.0 Å². The van der Waals surface area contributed by atoms with E-state index in [0.717, 1.165) is 19.6 Å². The number of likely N-dealkylation sites (N-methyl/N-ethyl adjacent to an activating group) is 1. The van der Waals surface area contributed by atoms with Crippen molar-refractivity contribution >= 4 is 17.5 Å². The van der Waals surface area contributed by atoms with Crippen molar-refractivity contribution in [2.75, 3.05) is 33.2 Å². The second kappa shape index (κ2) is 6.95. The second-order valence-corrected chi connectivity index (χ2v) is 5.69. The van der Waals surface area contributed by atoms with Gasteiger partial charge in [-0.15, -0.1) is 0 Å². The Labute approximate surface area is 130 Å². The van der Waals surface area contributed by atoms with Gasteiger partial charge in [0.25, 0.3) is 5.91 Å². The molecule has 0 aromatic heterocycles. The summed E-state index contributed by atoms with van der Waals surface area (Å²) < 4.78 is 0. The van der Waals surface area contributed by atoms with Crippen molar-refractivity contribution in [3.63, 3.8) is 0 Å². The first-order valence-electron chi connectivity index (χ1n) is 7.01. The Morgan fingerprint density at radius 3 is 2.86 bits per heavy atom. The zero-order chi connectivity index (χ0) is 15.4. The SMILES string of the molecule is CC1CN(C(=O)c2ccc(C#CCN)c(Cl)c2)CCN1C. The Morgan fingerprint density at radius 2 is 2.24 bits per heavy atom. The lowest BCUT2D eigenvalue weighted by molar-refractivity contribution is 0.0572. The first-order chi connectivity index (χ1) is 10.0. The number of halogens is 1. The number of benzene rings is 1. The Balaban J connectivity index is 2.15. The van der Waals surface area contributed by atoms with E-state index in [1.54, 1.807) is 18.2 Å². The van der Waals surface area contributed by atoms with Gasteiger partial charge in [0, 0.05) is 36.8 Å². The number of carbonyl (C=O) groups is 1. The smallest absolute Gasteiger partial charge is 0.254 e. The van der Waals surface area contributed by atoms with E-state index < -0.39 is 0 Å². The third kappa shape index (κ3) is 3.76. The van der Waals surface area contributed by atoms with Crippen molar-refractivity contribution < 1.29 is 4.79 Å². The molecule has 1 aromatic carbocycles. The van der Waals surface area contributed by atoms with Crippen LogP contribution in [0.3, 0.4) is 0 Å². The zero-order valence-electron chi connectivity index (χ0n) is 12.4. The summed E-state index contributed by atoms with van der Waals surface area (Å²) in [5.41, 5.74) is 6.65. The van der Waals surface area contributed by atoms with Crippen LogP contribution in [0.15, 0.2) is 18.2 Å². The van der Waals surface area contributed by atoms with E-state index in [0.29, 0.717) is 22.2 Å². The molecule has 0 radical (unpaired) electrons. The molecule has 1 aromatic rings. The van der Waals surface area contributed by atoms with Gasteiger partial charge >= 0.3 is 0 Å². The molecule has 1 atom stereocenters. The molecule has 0 aliphatic carbocycles. The minimum absolute atomic E-state index is 0.0233. The molecule has 1 heterocycles. The van der Waals surface area contributed by atoms with Crippen LogP contribution < -0.4 is 5.73 Å². The molecule has 1 fully saturated rings. The van der Waals surface area contributed by atoms with Crippen LogP contribution in [0.2, 0.25) is 5.02 Å². The number of nitrogens with two attached hydrogens (primary N) is 1. The topological polar surface area (TPSA) is 49.6 Å². The summed E-state index contributed by atoms with van der Waals surface area (Å²) >= 11 is 6.18. The zero-order valence-corrected chi connectivity index (χ0v) is 13.2. The largest absolute Gasteiger partial charge is 0.336 e. The van der Waals surface area contributed by atoms with Crippen molar-refractivity contribution in [3.05, 3.63) is 34.3 Å². The van der Waals surface area contributed by atoms with Gasteiger partial charge in [0.1, 0.15) is 0 Å². The minimum Gasteiger partial charge on any atom is -0.336 e. The quantitative estimate of drug-likeness (QED) is 0.799. The van der Waals surface area contributed by atoms with Crippen LogP contribution in [0.4, 0.5) is 0 Å². The molecule has 2 rings (SSSR count). The van der Waals surface area contributed by atoms with E-state index in [2.05, 4.69) is 30.7 Å². The van der Waals surface area contributed by atoms with Gasteiger partial charge in [0.15, 0.2) is 0 Å². The highest BCUT2D eigenvalue weighted by Gasteiger charge is 2.25. The third-order valence-electron chi connectivity index (χ3n) is 3.79. The van der Waals surface area contributed by atoms with Crippen LogP contribution in [0.1, 0.15) is 22.8 Å². The molecule has 21 heavy (non-hydrogen) atoms. The molecule has 1 aliphatic heterocycles. The van der Waals surface area contributed by atoms with Crippen LogP contribution in [0, 0.1) is 11.8 Å². The summed E-state index contributed by atoms with van der Waals surface area (Å²) in [6.07, 6.45) is 0. The van der Waals surface area contributed by atoms with E-state index in [1.807, 2.05) is 4.90 Å². The Morgan fingerprint density at radius 1 is 1.48 bits per heavy atom. The maximum atomic E-state index is 12.5. The fourth-order valence-electron chi connectivity index (χ4n) is 2.31. The van der Waals surface area contributed by atoms with Crippen LogP contribution >= 0.6 is 11.6 Å². The summed E-state index contributed by atoms with van der Waals surface area (Å²) in [6, 6.07) is 5.61. The Bertz CT molecular complexity index is 591. The van der Waals surface area contributed by atoms with Gasteiger partial charge in [-0.05, 0) is 32.2 Å². The summed E-state index contributed by atoms with van der Waals surface area (Å²) in [6.45, 7) is 4.78. The molecule has 0 spiro atoms. The van der Waals surface area contributed by atoms with E-state index in [1.165, 1.54) is 0 Å². The predicted octanol–water partition coefficient (Wildman–Crippen LogP) is 1.43. The average molecular weight is 306 g/mol. The van der Waals surface area contributed by atoms with E-state index in [-0.39, 0.29) is 12.5 Å². The number of piperazine rings is 1. The summed E-state index contributed by atoms with van der Waals surface area (Å²) in [5.74, 6) is 5.68. The molecule has 1 saturated heterocycles. The molecule has 2 N–H and O–H groups in total. The molecular formula is C16H20ClN3O. The number of rotatable bonds is 1. The van der Waals surface area contributed by atoms with Crippen LogP contribution in [-0.2, 0) is 0 Å².